The van der Waals surface area contributed by atoms with Crippen LogP contribution in [0.3, 0.4) is 0 Å². The lowest BCUT2D eigenvalue weighted by Crippen LogP contribution is -2.41. The molecule has 0 bridgehead atoms. The fourth-order valence-corrected chi connectivity index (χ4v) is 1.73. The Kier molecular flexibility index (Phi) is 4.78. The average Bonchev–Trinajstić information content (AvgIpc) is 2.36. The zero-order valence-corrected chi connectivity index (χ0v) is 11.0. The van der Waals surface area contributed by atoms with E-state index in [1.807, 2.05) is 43.1 Å². The van der Waals surface area contributed by atoms with Crippen molar-refractivity contribution in [1.29, 1.82) is 0 Å². The zero-order valence-electron chi connectivity index (χ0n) is 10.3. The molecular formula is C12H18ClN3O. The molecule has 0 aliphatic rings. The molecule has 2 atom stereocenters. The van der Waals surface area contributed by atoms with Crippen molar-refractivity contribution >= 4 is 17.4 Å². The molecule has 17 heavy (non-hydrogen) atoms. The van der Waals surface area contributed by atoms with Crippen molar-refractivity contribution in [1.82, 2.24) is 4.90 Å². The van der Waals surface area contributed by atoms with Crippen molar-refractivity contribution in [3.05, 3.63) is 34.9 Å². The third-order valence-electron chi connectivity index (χ3n) is 3.12. The molecule has 4 nitrogen and oxygen atoms in total. The van der Waals surface area contributed by atoms with E-state index in [2.05, 4.69) is 12.1 Å². The van der Waals surface area contributed by atoms with Gasteiger partial charge in [0.25, 0.3) is 0 Å². The highest BCUT2D eigenvalue weighted by atomic mass is 35.5. The van der Waals surface area contributed by atoms with Crippen molar-refractivity contribution < 1.29 is 5.21 Å². The lowest BCUT2D eigenvalue weighted by Gasteiger charge is -2.30. The van der Waals surface area contributed by atoms with Gasteiger partial charge in [0.05, 0.1) is 6.04 Å². The van der Waals surface area contributed by atoms with Crippen LogP contribution in [0.5, 0.6) is 0 Å². The summed E-state index contributed by atoms with van der Waals surface area (Å²) in [7, 11) is 1.93. The molecule has 0 aliphatic heterocycles. The Labute approximate surface area is 107 Å². The second kappa shape index (κ2) is 5.89. The molecular weight excluding hydrogens is 238 g/mol. The number of hydrogen-bond donors (Lipinski definition) is 2. The van der Waals surface area contributed by atoms with Gasteiger partial charge < -0.3 is 10.9 Å². The number of rotatable bonds is 4. The van der Waals surface area contributed by atoms with Crippen molar-refractivity contribution in [3.63, 3.8) is 0 Å². The number of hydrogen-bond acceptors (Lipinski definition) is 3. The highest BCUT2D eigenvalue weighted by Gasteiger charge is 2.20. The van der Waals surface area contributed by atoms with E-state index in [0.29, 0.717) is 5.02 Å². The van der Waals surface area contributed by atoms with Crippen molar-refractivity contribution in [2.75, 3.05) is 7.05 Å². The molecule has 3 N–H and O–H groups in total. The first-order chi connectivity index (χ1) is 7.97. The van der Waals surface area contributed by atoms with Gasteiger partial charge in [-0.25, -0.2) is 0 Å². The van der Waals surface area contributed by atoms with Crippen LogP contribution in [0.25, 0.3) is 0 Å². The Morgan fingerprint density at radius 2 is 1.88 bits per heavy atom. The van der Waals surface area contributed by atoms with Crippen LogP contribution in [0.2, 0.25) is 5.02 Å². The number of benzene rings is 1. The fraction of sp³-hybridized carbons (Fsp3) is 0.417. The van der Waals surface area contributed by atoms with E-state index in [4.69, 9.17) is 22.5 Å². The maximum atomic E-state index is 8.66. The number of nitrogens with zero attached hydrogens (tertiary/aromatic N) is 2. The first-order valence-corrected chi connectivity index (χ1v) is 5.80. The summed E-state index contributed by atoms with van der Waals surface area (Å²) >= 11 is 5.85. The van der Waals surface area contributed by atoms with Gasteiger partial charge >= 0.3 is 0 Å². The molecule has 0 radical (unpaired) electrons. The smallest absolute Gasteiger partial charge is 0.156 e. The summed E-state index contributed by atoms with van der Waals surface area (Å²) < 4.78 is 0. The minimum absolute atomic E-state index is 0.134. The van der Waals surface area contributed by atoms with Gasteiger partial charge in [-0.05, 0) is 38.6 Å². The number of amidine groups is 1. The van der Waals surface area contributed by atoms with Crippen LogP contribution in [0.1, 0.15) is 25.5 Å². The molecule has 0 amide bonds. The molecule has 0 heterocycles. The van der Waals surface area contributed by atoms with Crippen molar-refractivity contribution in [3.8, 4) is 0 Å². The number of halogens is 1. The van der Waals surface area contributed by atoms with E-state index in [1.165, 1.54) is 0 Å². The first-order valence-electron chi connectivity index (χ1n) is 5.42. The minimum atomic E-state index is -0.134. The van der Waals surface area contributed by atoms with Crippen LogP contribution in [0.15, 0.2) is 29.4 Å². The van der Waals surface area contributed by atoms with Crippen molar-refractivity contribution in [2.45, 2.75) is 25.9 Å². The summed E-state index contributed by atoms with van der Waals surface area (Å²) in [6.07, 6.45) is 0. The highest BCUT2D eigenvalue weighted by Crippen LogP contribution is 2.22. The first kappa shape index (κ1) is 13.8. The Bertz CT molecular complexity index is 391. The number of oxime groups is 1. The van der Waals surface area contributed by atoms with Gasteiger partial charge in [-0.1, -0.05) is 28.9 Å². The molecule has 0 fully saturated rings. The Morgan fingerprint density at radius 1 is 1.35 bits per heavy atom. The predicted molar refractivity (Wildman–Crippen MR) is 70.5 cm³/mol. The molecule has 0 aromatic heterocycles. The molecule has 2 unspecified atom stereocenters. The number of likely N-dealkylation sites (N-methyl/N-ethyl adjacent to an activating group) is 1. The Hall–Kier alpha value is -1.26. The maximum Gasteiger partial charge on any atom is 0.156 e. The van der Waals surface area contributed by atoms with E-state index < -0.39 is 0 Å². The largest absolute Gasteiger partial charge is 0.409 e. The van der Waals surface area contributed by atoms with E-state index in [-0.39, 0.29) is 17.9 Å². The van der Waals surface area contributed by atoms with Crippen LogP contribution in [0, 0.1) is 0 Å². The molecule has 1 aromatic rings. The van der Waals surface area contributed by atoms with Crippen LogP contribution >= 0.6 is 11.6 Å². The van der Waals surface area contributed by atoms with Crippen molar-refractivity contribution in [2.24, 2.45) is 10.9 Å². The standard InChI is InChI=1S/C12H18ClN3O/c1-8(10-4-6-11(13)7-5-10)16(3)9(2)12(14)15-17/h4-9,17H,1-3H3,(H2,14,15). The van der Waals surface area contributed by atoms with Crippen LogP contribution in [-0.2, 0) is 0 Å². The lowest BCUT2D eigenvalue weighted by atomic mass is 10.1. The summed E-state index contributed by atoms with van der Waals surface area (Å²) in [5, 5.41) is 12.4. The molecule has 1 rings (SSSR count). The third kappa shape index (κ3) is 3.35. The summed E-state index contributed by atoms with van der Waals surface area (Å²) in [6.45, 7) is 3.95. The number of nitrogens with two attached hydrogens (primary N) is 1. The van der Waals surface area contributed by atoms with Gasteiger partial charge in [0, 0.05) is 11.1 Å². The van der Waals surface area contributed by atoms with Gasteiger partial charge in [0.2, 0.25) is 0 Å². The second-order valence-electron chi connectivity index (χ2n) is 4.09. The molecule has 1 aromatic carbocycles. The summed E-state index contributed by atoms with van der Waals surface area (Å²) in [5.74, 6) is 0.202. The summed E-state index contributed by atoms with van der Waals surface area (Å²) in [5.41, 5.74) is 6.73. The van der Waals surface area contributed by atoms with Crippen LogP contribution in [0.4, 0.5) is 0 Å². The normalized spacial score (nSPS) is 15.9. The second-order valence-corrected chi connectivity index (χ2v) is 4.53. The highest BCUT2D eigenvalue weighted by molar-refractivity contribution is 6.30. The van der Waals surface area contributed by atoms with Crippen LogP contribution in [-0.4, -0.2) is 29.0 Å². The molecule has 5 heteroatoms. The predicted octanol–water partition coefficient (Wildman–Crippen LogP) is 2.47. The molecule has 0 aliphatic carbocycles. The summed E-state index contributed by atoms with van der Waals surface area (Å²) in [6, 6.07) is 7.68. The summed E-state index contributed by atoms with van der Waals surface area (Å²) in [4.78, 5) is 2.03. The van der Waals surface area contributed by atoms with Gasteiger partial charge in [0.1, 0.15) is 0 Å². The van der Waals surface area contributed by atoms with Gasteiger partial charge in [-0.2, -0.15) is 0 Å². The maximum absolute atomic E-state index is 8.66. The van der Waals surface area contributed by atoms with Crippen LogP contribution < -0.4 is 5.73 Å². The fourth-order valence-electron chi connectivity index (χ4n) is 1.60. The monoisotopic (exact) mass is 255 g/mol. The molecule has 0 spiro atoms. The average molecular weight is 256 g/mol. The SMILES string of the molecule is CC(C(N)=NO)N(C)C(C)c1ccc(Cl)cc1. The van der Waals surface area contributed by atoms with E-state index >= 15 is 0 Å². The third-order valence-corrected chi connectivity index (χ3v) is 3.37. The molecule has 0 saturated carbocycles. The van der Waals surface area contributed by atoms with E-state index in [9.17, 15) is 0 Å². The Balaban J connectivity index is 2.82. The lowest BCUT2D eigenvalue weighted by molar-refractivity contribution is 0.232. The van der Waals surface area contributed by atoms with Gasteiger partial charge in [-0.3, -0.25) is 4.90 Å². The topological polar surface area (TPSA) is 61.9 Å². The van der Waals surface area contributed by atoms with Gasteiger partial charge in [0.15, 0.2) is 5.84 Å². The zero-order chi connectivity index (χ0) is 13.0. The van der Waals surface area contributed by atoms with E-state index in [0.717, 1.165) is 5.56 Å². The Morgan fingerprint density at radius 3 is 2.35 bits per heavy atom. The van der Waals surface area contributed by atoms with Gasteiger partial charge in [-0.15, -0.1) is 0 Å². The minimum Gasteiger partial charge on any atom is -0.409 e. The van der Waals surface area contributed by atoms with E-state index in [1.54, 1.807) is 0 Å². The molecule has 94 valence electrons. The molecule has 0 saturated heterocycles. The quantitative estimate of drug-likeness (QED) is 0.376.